The van der Waals surface area contributed by atoms with Gasteiger partial charge in [-0.1, -0.05) is 31.7 Å². The molecule has 0 aliphatic carbocycles. The van der Waals surface area contributed by atoms with Crippen LogP contribution in [0.3, 0.4) is 0 Å². The topological polar surface area (TPSA) is 85.3 Å². The highest BCUT2D eigenvalue weighted by atomic mass is 32.2. The number of aliphatic imine (C=N–C) groups is 1. The molecule has 0 bridgehead atoms. The first-order valence-electron chi connectivity index (χ1n) is 8.71. The summed E-state index contributed by atoms with van der Waals surface area (Å²) in [5.74, 6) is 1.05. The molecule has 2 aliphatic heterocycles. The average Bonchev–Trinajstić information content (AvgIpc) is 3.07. The molecule has 2 heterocycles. The number of amidine groups is 1. The van der Waals surface area contributed by atoms with E-state index < -0.39 is 9.84 Å². The van der Waals surface area contributed by atoms with Crippen molar-refractivity contribution >= 4 is 32.7 Å². The molecule has 148 valence electrons. The first-order chi connectivity index (χ1) is 12.7. The highest BCUT2D eigenvalue weighted by Crippen LogP contribution is 2.39. The van der Waals surface area contributed by atoms with Gasteiger partial charge in [0.25, 0.3) is 5.91 Å². The molecule has 3 rings (SSSR count). The number of hydrogen-bond donors (Lipinski definition) is 0. The van der Waals surface area contributed by atoms with Crippen molar-refractivity contribution in [3.8, 4) is 11.5 Å². The molecule has 1 aromatic rings. The van der Waals surface area contributed by atoms with E-state index in [4.69, 9.17) is 9.47 Å². The standard InChI is InChI=1S/C18H24N2O5S2/c1-11(2)17(21)19-18-20(13-9-27(22,23)10-16(13)26-18)8-12-5-6-14(24-3)15(7-12)25-4/h5-7,11,13,16H,8-10H2,1-4H3/t13-,16-/m0/s1. The maximum absolute atomic E-state index is 12.1. The molecule has 0 aromatic heterocycles. The van der Waals surface area contributed by atoms with E-state index >= 15 is 0 Å². The number of methoxy groups -OCH3 is 2. The first kappa shape index (κ1) is 20.0. The summed E-state index contributed by atoms with van der Waals surface area (Å²) in [5, 5.41) is 0.516. The summed E-state index contributed by atoms with van der Waals surface area (Å²) in [5.41, 5.74) is 0.933. The van der Waals surface area contributed by atoms with Gasteiger partial charge in [0.05, 0.1) is 31.8 Å². The maximum atomic E-state index is 12.1. The Labute approximate surface area is 164 Å². The van der Waals surface area contributed by atoms with Crippen molar-refractivity contribution in [2.24, 2.45) is 10.9 Å². The fourth-order valence-electron chi connectivity index (χ4n) is 3.22. The molecule has 0 N–H and O–H groups in total. The van der Waals surface area contributed by atoms with E-state index in [9.17, 15) is 13.2 Å². The largest absolute Gasteiger partial charge is 0.493 e. The Balaban J connectivity index is 1.91. The van der Waals surface area contributed by atoms with Gasteiger partial charge in [0.2, 0.25) is 0 Å². The number of fused-ring (bicyclic) bond motifs is 1. The number of carbonyl (C=O) groups excluding carboxylic acids is 1. The van der Waals surface area contributed by atoms with E-state index in [1.165, 1.54) is 11.8 Å². The van der Waals surface area contributed by atoms with Gasteiger partial charge >= 0.3 is 0 Å². The van der Waals surface area contributed by atoms with Crippen LogP contribution in [0.4, 0.5) is 0 Å². The van der Waals surface area contributed by atoms with Crippen molar-refractivity contribution in [1.29, 1.82) is 0 Å². The number of rotatable bonds is 5. The number of nitrogens with zero attached hydrogens (tertiary/aromatic N) is 2. The van der Waals surface area contributed by atoms with E-state index in [1.807, 2.05) is 23.1 Å². The van der Waals surface area contributed by atoms with Crippen LogP contribution >= 0.6 is 11.8 Å². The second-order valence-electron chi connectivity index (χ2n) is 7.01. The lowest BCUT2D eigenvalue weighted by molar-refractivity contribution is -0.120. The molecule has 1 aromatic carbocycles. The molecule has 2 aliphatic rings. The molecule has 0 unspecified atom stereocenters. The summed E-state index contributed by atoms with van der Waals surface area (Å²) >= 11 is 1.39. The van der Waals surface area contributed by atoms with Crippen LogP contribution in [-0.4, -0.2) is 61.4 Å². The fraction of sp³-hybridized carbons (Fsp3) is 0.556. The molecule has 0 spiro atoms. The molecule has 0 radical (unpaired) electrons. The molecule has 2 fully saturated rings. The third-order valence-corrected chi connectivity index (χ3v) is 7.92. The van der Waals surface area contributed by atoms with Crippen molar-refractivity contribution in [1.82, 2.24) is 4.90 Å². The number of carbonyl (C=O) groups is 1. The molecule has 27 heavy (non-hydrogen) atoms. The van der Waals surface area contributed by atoms with E-state index in [-0.39, 0.29) is 34.6 Å². The van der Waals surface area contributed by atoms with Gasteiger partial charge in [-0.05, 0) is 17.7 Å². The maximum Gasteiger partial charge on any atom is 0.250 e. The van der Waals surface area contributed by atoms with Gasteiger partial charge in [-0.2, -0.15) is 4.99 Å². The van der Waals surface area contributed by atoms with Gasteiger partial charge in [0, 0.05) is 17.7 Å². The fourth-order valence-corrected chi connectivity index (χ4v) is 7.18. The van der Waals surface area contributed by atoms with Crippen molar-refractivity contribution in [3.63, 3.8) is 0 Å². The van der Waals surface area contributed by atoms with Gasteiger partial charge < -0.3 is 14.4 Å². The zero-order valence-electron chi connectivity index (χ0n) is 15.8. The molecule has 2 saturated heterocycles. The zero-order chi connectivity index (χ0) is 19.8. The summed E-state index contributed by atoms with van der Waals surface area (Å²) in [6.45, 7) is 4.06. The normalized spacial score (nSPS) is 25.1. The predicted molar refractivity (Wildman–Crippen MR) is 106 cm³/mol. The number of hydrogen-bond acceptors (Lipinski definition) is 6. The van der Waals surface area contributed by atoms with Gasteiger partial charge in [-0.25, -0.2) is 8.42 Å². The van der Waals surface area contributed by atoms with Gasteiger partial charge in [0.1, 0.15) is 0 Å². The molecule has 0 saturated carbocycles. The Kier molecular flexibility index (Phi) is 5.71. The summed E-state index contributed by atoms with van der Waals surface area (Å²) < 4.78 is 34.8. The van der Waals surface area contributed by atoms with Crippen LogP contribution in [0.15, 0.2) is 23.2 Å². The Bertz CT molecular complexity index is 867. The number of amides is 1. The summed E-state index contributed by atoms with van der Waals surface area (Å²) in [7, 11) is 0.0753. The summed E-state index contributed by atoms with van der Waals surface area (Å²) in [6, 6.07) is 5.41. The highest BCUT2D eigenvalue weighted by Gasteiger charge is 2.48. The SMILES string of the molecule is COc1ccc(CN2C(=NC(=O)C(C)C)S[C@H]3CS(=O)(=O)C[C@@H]32)cc1OC. The molecule has 2 atom stereocenters. The van der Waals surface area contributed by atoms with Gasteiger partial charge in [0.15, 0.2) is 26.5 Å². The Hall–Kier alpha value is -1.74. The van der Waals surface area contributed by atoms with Crippen molar-refractivity contribution in [2.45, 2.75) is 31.7 Å². The van der Waals surface area contributed by atoms with Crippen LogP contribution in [0.25, 0.3) is 0 Å². The van der Waals surface area contributed by atoms with E-state index in [2.05, 4.69) is 4.99 Å². The second kappa shape index (κ2) is 7.71. The Morgan fingerprint density at radius 2 is 1.96 bits per heavy atom. The van der Waals surface area contributed by atoms with Crippen LogP contribution in [0.1, 0.15) is 19.4 Å². The minimum atomic E-state index is -3.07. The molecule has 1 amide bonds. The highest BCUT2D eigenvalue weighted by molar-refractivity contribution is 8.15. The second-order valence-corrected chi connectivity index (χ2v) is 10.4. The van der Waals surface area contributed by atoms with E-state index in [0.29, 0.717) is 23.2 Å². The Morgan fingerprint density at radius 3 is 2.59 bits per heavy atom. The molecular formula is C18H24N2O5S2. The minimum absolute atomic E-state index is 0.0890. The quantitative estimate of drug-likeness (QED) is 0.731. The summed E-state index contributed by atoms with van der Waals surface area (Å²) in [6.07, 6.45) is 0. The minimum Gasteiger partial charge on any atom is -0.493 e. The predicted octanol–water partition coefficient (Wildman–Crippen LogP) is 1.96. The summed E-state index contributed by atoms with van der Waals surface area (Å²) in [4.78, 5) is 18.4. The number of sulfone groups is 1. The first-order valence-corrected chi connectivity index (χ1v) is 11.4. The Morgan fingerprint density at radius 1 is 1.26 bits per heavy atom. The third-order valence-electron chi connectivity index (χ3n) is 4.68. The van der Waals surface area contributed by atoms with Crippen molar-refractivity contribution in [2.75, 3.05) is 25.7 Å². The smallest absolute Gasteiger partial charge is 0.250 e. The van der Waals surface area contributed by atoms with Crippen LogP contribution in [-0.2, 0) is 21.2 Å². The molecule has 9 heteroatoms. The van der Waals surface area contributed by atoms with E-state index in [0.717, 1.165) is 5.56 Å². The third kappa shape index (κ3) is 4.24. The lowest BCUT2D eigenvalue weighted by Crippen LogP contribution is -2.37. The van der Waals surface area contributed by atoms with Crippen LogP contribution in [0.2, 0.25) is 0 Å². The van der Waals surface area contributed by atoms with Crippen LogP contribution in [0, 0.1) is 5.92 Å². The van der Waals surface area contributed by atoms with Crippen LogP contribution < -0.4 is 9.47 Å². The number of benzene rings is 1. The van der Waals surface area contributed by atoms with Crippen molar-refractivity contribution in [3.05, 3.63) is 23.8 Å². The van der Waals surface area contributed by atoms with Crippen LogP contribution in [0.5, 0.6) is 11.5 Å². The number of thioether (sulfide) groups is 1. The van der Waals surface area contributed by atoms with Crippen molar-refractivity contribution < 1.29 is 22.7 Å². The van der Waals surface area contributed by atoms with E-state index in [1.54, 1.807) is 28.1 Å². The van der Waals surface area contributed by atoms with Gasteiger partial charge in [-0.15, -0.1) is 0 Å². The van der Waals surface area contributed by atoms with Gasteiger partial charge in [-0.3, -0.25) is 4.79 Å². The molecule has 7 nitrogen and oxygen atoms in total. The number of ether oxygens (including phenoxy) is 2. The average molecular weight is 413 g/mol. The zero-order valence-corrected chi connectivity index (χ0v) is 17.5. The lowest BCUT2D eigenvalue weighted by Gasteiger charge is -2.25. The lowest BCUT2D eigenvalue weighted by atomic mass is 10.1. The monoisotopic (exact) mass is 412 g/mol. The molecular weight excluding hydrogens is 388 g/mol.